The molecule has 0 aliphatic carbocycles. The standard InChI is InChI=1S/C12H17NO/c1-2-6-13-9-10-3-4-12-11(8-10)5-7-14-12/h3-4,8,13H,2,5-7,9H2,1H3. The summed E-state index contributed by atoms with van der Waals surface area (Å²) < 4.78 is 5.46. The first-order valence-electron chi connectivity index (χ1n) is 5.35. The number of nitrogens with one attached hydrogen (secondary N) is 1. The van der Waals surface area contributed by atoms with Crippen molar-refractivity contribution >= 4 is 0 Å². The van der Waals surface area contributed by atoms with Gasteiger partial charge in [-0.1, -0.05) is 19.1 Å². The molecule has 0 spiro atoms. The van der Waals surface area contributed by atoms with Crippen LogP contribution in [0.4, 0.5) is 0 Å². The Morgan fingerprint density at radius 2 is 2.36 bits per heavy atom. The summed E-state index contributed by atoms with van der Waals surface area (Å²) in [5.74, 6) is 1.07. The first-order valence-corrected chi connectivity index (χ1v) is 5.35. The van der Waals surface area contributed by atoms with Crippen LogP contribution in [-0.2, 0) is 13.0 Å². The Bertz CT molecular complexity index is 309. The summed E-state index contributed by atoms with van der Waals surface area (Å²) in [5, 5.41) is 3.40. The van der Waals surface area contributed by atoms with Gasteiger partial charge >= 0.3 is 0 Å². The Balaban J connectivity index is 1.98. The summed E-state index contributed by atoms with van der Waals surface area (Å²) in [6.07, 6.45) is 2.25. The molecule has 2 rings (SSSR count). The minimum absolute atomic E-state index is 0.848. The molecule has 14 heavy (non-hydrogen) atoms. The van der Waals surface area contributed by atoms with Gasteiger partial charge in [-0.15, -0.1) is 0 Å². The molecular formula is C12H17NO. The van der Waals surface area contributed by atoms with Crippen molar-refractivity contribution in [3.8, 4) is 5.75 Å². The van der Waals surface area contributed by atoms with Crippen molar-refractivity contribution in [3.63, 3.8) is 0 Å². The van der Waals surface area contributed by atoms with Crippen LogP contribution in [0, 0.1) is 0 Å². The summed E-state index contributed by atoms with van der Waals surface area (Å²) in [6.45, 7) is 5.10. The highest BCUT2D eigenvalue weighted by atomic mass is 16.5. The smallest absolute Gasteiger partial charge is 0.122 e. The Hall–Kier alpha value is -1.02. The molecule has 0 atom stereocenters. The second-order valence-electron chi connectivity index (χ2n) is 3.72. The van der Waals surface area contributed by atoms with Gasteiger partial charge in [0.1, 0.15) is 5.75 Å². The van der Waals surface area contributed by atoms with Crippen molar-refractivity contribution < 1.29 is 4.74 Å². The van der Waals surface area contributed by atoms with E-state index in [0.717, 1.165) is 31.9 Å². The highest BCUT2D eigenvalue weighted by molar-refractivity contribution is 5.39. The van der Waals surface area contributed by atoms with Gasteiger partial charge in [0.05, 0.1) is 6.61 Å². The lowest BCUT2D eigenvalue weighted by Crippen LogP contribution is -2.13. The van der Waals surface area contributed by atoms with Crippen LogP contribution in [0.3, 0.4) is 0 Å². The molecule has 2 nitrogen and oxygen atoms in total. The van der Waals surface area contributed by atoms with Gasteiger partial charge in [0.25, 0.3) is 0 Å². The minimum Gasteiger partial charge on any atom is -0.493 e. The molecular weight excluding hydrogens is 174 g/mol. The van der Waals surface area contributed by atoms with Crippen molar-refractivity contribution in [2.24, 2.45) is 0 Å². The maximum atomic E-state index is 5.46. The average molecular weight is 191 g/mol. The van der Waals surface area contributed by atoms with Crippen LogP contribution in [0.1, 0.15) is 24.5 Å². The number of benzene rings is 1. The van der Waals surface area contributed by atoms with Crippen molar-refractivity contribution in [2.75, 3.05) is 13.2 Å². The molecule has 1 N–H and O–H groups in total. The molecule has 1 aliphatic rings. The summed E-state index contributed by atoms with van der Waals surface area (Å²) in [5.41, 5.74) is 2.73. The second kappa shape index (κ2) is 4.47. The molecule has 0 saturated heterocycles. The Kier molecular flexibility index (Phi) is 3.04. The number of ether oxygens (including phenoxy) is 1. The van der Waals surface area contributed by atoms with E-state index >= 15 is 0 Å². The first-order chi connectivity index (χ1) is 6.90. The van der Waals surface area contributed by atoms with E-state index in [0.29, 0.717) is 0 Å². The van der Waals surface area contributed by atoms with E-state index in [9.17, 15) is 0 Å². The van der Waals surface area contributed by atoms with E-state index in [2.05, 4.69) is 30.4 Å². The fourth-order valence-corrected chi connectivity index (χ4v) is 1.76. The topological polar surface area (TPSA) is 21.3 Å². The first kappa shape index (κ1) is 9.53. The molecule has 0 radical (unpaired) electrons. The molecule has 0 fully saturated rings. The zero-order valence-electron chi connectivity index (χ0n) is 8.68. The lowest BCUT2D eigenvalue weighted by Gasteiger charge is -2.05. The van der Waals surface area contributed by atoms with Crippen molar-refractivity contribution in [2.45, 2.75) is 26.3 Å². The van der Waals surface area contributed by atoms with Crippen molar-refractivity contribution in [1.82, 2.24) is 5.32 Å². The summed E-state index contributed by atoms with van der Waals surface area (Å²) in [6, 6.07) is 6.49. The molecule has 0 aromatic heterocycles. The molecule has 1 aromatic carbocycles. The van der Waals surface area contributed by atoms with Gasteiger partial charge in [0.15, 0.2) is 0 Å². The minimum atomic E-state index is 0.848. The molecule has 0 saturated carbocycles. The molecule has 1 heterocycles. The zero-order chi connectivity index (χ0) is 9.80. The molecule has 0 bridgehead atoms. The van der Waals surface area contributed by atoms with Crippen LogP contribution in [-0.4, -0.2) is 13.2 Å². The van der Waals surface area contributed by atoms with Gasteiger partial charge in [0, 0.05) is 13.0 Å². The summed E-state index contributed by atoms with van der Waals surface area (Å²) in [7, 11) is 0. The third kappa shape index (κ3) is 2.07. The van der Waals surface area contributed by atoms with Gasteiger partial charge < -0.3 is 10.1 Å². The van der Waals surface area contributed by atoms with Gasteiger partial charge in [-0.3, -0.25) is 0 Å². The fraction of sp³-hybridized carbons (Fsp3) is 0.500. The van der Waals surface area contributed by atoms with E-state index in [1.807, 2.05) is 0 Å². The van der Waals surface area contributed by atoms with E-state index in [-0.39, 0.29) is 0 Å². The second-order valence-corrected chi connectivity index (χ2v) is 3.72. The maximum absolute atomic E-state index is 5.46. The third-order valence-corrected chi connectivity index (χ3v) is 2.51. The van der Waals surface area contributed by atoms with Crippen LogP contribution < -0.4 is 10.1 Å². The number of hydrogen-bond donors (Lipinski definition) is 1. The van der Waals surface area contributed by atoms with Crippen molar-refractivity contribution in [1.29, 1.82) is 0 Å². The van der Waals surface area contributed by atoms with Gasteiger partial charge in [-0.25, -0.2) is 0 Å². The van der Waals surface area contributed by atoms with Gasteiger partial charge in [0.2, 0.25) is 0 Å². The molecule has 1 aromatic rings. The monoisotopic (exact) mass is 191 g/mol. The average Bonchev–Trinajstić information content (AvgIpc) is 2.65. The molecule has 1 aliphatic heterocycles. The number of fused-ring (bicyclic) bond motifs is 1. The van der Waals surface area contributed by atoms with E-state index in [4.69, 9.17) is 4.74 Å². The van der Waals surface area contributed by atoms with Gasteiger partial charge in [-0.05, 0) is 30.2 Å². The van der Waals surface area contributed by atoms with E-state index in [1.165, 1.54) is 17.5 Å². The van der Waals surface area contributed by atoms with Crippen LogP contribution in [0.25, 0.3) is 0 Å². The maximum Gasteiger partial charge on any atom is 0.122 e. The normalized spacial score (nSPS) is 13.8. The molecule has 76 valence electrons. The summed E-state index contributed by atoms with van der Waals surface area (Å²) >= 11 is 0. The number of rotatable bonds is 4. The Labute approximate surface area is 85.3 Å². The Morgan fingerprint density at radius 1 is 1.43 bits per heavy atom. The lowest BCUT2D eigenvalue weighted by molar-refractivity contribution is 0.357. The van der Waals surface area contributed by atoms with Crippen LogP contribution in [0.2, 0.25) is 0 Å². The number of hydrogen-bond acceptors (Lipinski definition) is 2. The predicted molar refractivity (Wildman–Crippen MR) is 57.6 cm³/mol. The van der Waals surface area contributed by atoms with Crippen LogP contribution >= 0.6 is 0 Å². The molecule has 0 amide bonds. The largest absolute Gasteiger partial charge is 0.493 e. The highest BCUT2D eigenvalue weighted by Gasteiger charge is 2.11. The fourth-order valence-electron chi connectivity index (χ4n) is 1.76. The zero-order valence-corrected chi connectivity index (χ0v) is 8.68. The highest BCUT2D eigenvalue weighted by Crippen LogP contribution is 2.25. The van der Waals surface area contributed by atoms with Crippen molar-refractivity contribution in [3.05, 3.63) is 29.3 Å². The predicted octanol–water partition coefficient (Wildman–Crippen LogP) is 2.12. The lowest BCUT2D eigenvalue weighted by atomic mass is 10.1. The Morgan fingerprint density at radius 3 is 3.21 bits per heavy atom. The van der Waals surface area contributed by atoms with Gasteiger partial charge in [-0.2, -0.15) is 0 Å². The quantitative estimate of drug-likeness (QED) is 0.736. The SMILES string of the molecule is CCCNCc1ccc2c(c1)CCO2. The molecule has 2 heteroatoms. The summed E-state index contributed by atoms with van der Waals surface area (Å²) in [4.78, 5) is 0. The van der Waals surface area contributed by atoms with E-state index < -0.39 is 0 Å². The van der Waals surface area contributed by atoms with Crippen LogP contribution in [0.15, 0.2) is 18.2 Å². The van der Waals surface area contributed by atoms with Crippen LogP contribution in [0.5, 0.6) is 5.75 Å². The third-order valence-electron chi connectivity index (χ3n) is 2.51. The van der Waals surface area contributed by atoms with E-state index in [1.54, 1.807) is 0 Å². The molecule has 0 unspecified atom stereocenters.